The van der Waals surface area contributed by atoms with Gasteiger partial charge in [-0.1, -0.05) is 20.8 Å². The minimum Gasteiger partial charge on any atom is -0.493 e. The predicted molar refractivity (Wildman–Crippen MR) is 118 cm³/mol. The number of rotatable bonds is 7. The minimum absolute atomic E-state index is 0.0570. The number of aromatic nitrogens is 1. The lowest BCUT2D eigenvalue weighted by Gasteiger charge is -2.33. The summed E-state index contributed by atoms with van der Waals surface area (Å²) in [6.07, 6.45) is 1.17. The van der Waals surface area contributed by atoms with Crippen molar-refractivity contribution in [3.05, 3.63) is 69.3 Å². The van der Waals surface area contributed by atoms with Crippen molar-refractivity contribution in [3.63, 3.8) is 0 Å². The number of methoxy groups -OCH3 is 1. The summed E-state index contributed by atoms with van der Waals surface area (Å²) in [6.45, 7) is 4.55. The zero-order valence-electron chi connectivity index (χ0n) is 19.0. The summed E-state index contributed by atoms with van der Waals surface area (Å²) in [5.41, 5.74) is -2.12. The van der Waals surface area contributed by atoms with E-state index in [2.05, 4.69) is 0 Å². The molecular formula is C24H24F3NO6. The lowest BCUT2D eigenvalue weighted by Crippen LogP contribution is -2.30. The third-order valence-corrected chi connectivity index (χ3v) is 5.53. The second kappa shape index (κ2) is 9.38. The van der Waals surface area contributed by atoms with Crippen molar-refractivity contribution in [1.82, 2.24) is 4.57 Å². The number of halogens is 3. The van der Waals surface area contributed by atoms with E-state index in [1.165, 1.54) is 30.0 Å². The highest BCUT2D eigenvalue weighted by Crippen LogP contribution is 2.37. The molecule has 182 valence electrons. The zero-order valence-corrected chi connectivity index (χ0v) is 19.0. The number of benzene rings is 2. The van der Waals surface area contributed by atoms with Crippen molar-refractivity contribution in [2.24, 2.45) is 5.41 Å². The van der Waals surface area contributed by atoms with Crippen LogP contribution < -0.4 is 14.9 Å². The molecule has 0 aliphatic carbocycles. The summed E-state index contributed by atoms with van der Waals surface area (Å²) in [6, 6.07) is 3.06. The molecule has 0 spiro atoms. The van der Waals surface area contributed by atoms with Gasteiger partial charge in [0, 0.05) is 24.4 Å². The van der Waals surface area contributed by atoms with Gasteiger partial charge >= 0.3 is 5.97 Å². The summed E-state index contributed by atoms with van der Waals surface area (Å²) in [5, 5.41) is 19.5. The molecule has 2 aromatic carbocycles. The average Bonchev–Trinajstić information content (AvgIpc) is 2.73. The number of ether oxygens (including phenoxy) is 2. The first-order valence-corrected chi connectivity index (χ1v) is 10.3. The van der Waals surface area contributed by atoms with Crippen molar-refractivity contribution in [2.45, 2.75) is 33.4 Å². The molecule has 1 aromatic heterocycles. The van der Waals surface area contributed by atoms with Gasteiger partial charge < -0.3 is 24.3 Å². The summed E-state index contributed by atoms with van der Waals surface area (Å²) in [5.74, 6) is -4.83. The Morgan fingerprint density at radius 3 is 2.21 bits per heavy atom. The van der Waals surface area contributed by atoms with Crippen LogP contribution in [0.3, 0.4) is 0 Å². The van der Waals surface area contributed by atoms with Crippen LogP contribution in [0.5, 0.6) is 11.5 Å². The van der Waals surface area contributed by atoms with E-state index in [1.807, 2.05) is 20.8 Å². The van der Waals surface area contributed by atoms with Gasteiger partial charge in [-0.2, -0.15) is 0 Å². The van der Waals surface area contributed by atoms with Crippen LogP contribution in [0.15, 0.2) is 35.3 Å². The van der Waals surface area contributed by atoms with Gasteiger partial charge in [-0.25, -0.2) is 18.0 Å². The number of fused-ring (bicyclic) bond motifs is 1. The molecule has 1 atom stereocenters. The number of hydrogen-bond acceptors (Lipinski definition) is 5. The van der Waals surface area contributed by atoms with E-state index in [0.29, 0.717) is 12.1 Å². The van der Waals surface area contributed by atoms with Crippen LogP contribution in [-0.4, -0.2) is 34.5 Å². The summed E-state index contributed by atoms with van der Waals surface area (Å²) in [7, 11) is 1.31. The van der Waals surface area contributed by atoms with Gasteiger partial charge in [-0.15, -0.1) is 0 Å². The molecule has 0 bridgehead atoms. The molecule has 7 nitrogen and oxygen atoms in total. The fourth-order valence-corrected chi connectivity index (χ4v) is 3.68. The third-order valence-electron chi connectivity index (χ3n) is 5.53. The van der Waals surface area contributed by atoms with E-state index in [0.717, 1.165) is 0 Å². The van der Waals surface area contributed by atoms with Crippen molar-refractivity contribution < 1.29 is 37.7 Å². The number of nitrogens with zero attached hydrogens (tertiary/aromatic N) is 1. The zero-order chi connectivity index (χ0) is 25.4. The molecule has 2 N–H and O–H groups in total. The summed E-state index contributed by atoms with van der Waals surface area (Å²) < 4.78 is 53.5. The number of carboxylic acid groups (broad SMARTS) is 1. The highest BCUT2D eigenvalue weighted by molar-refractivity contribution is 5.93. The van der Waals surface area contributed by atoms with Crippen LogP contribution in [0.2, 0.25) is 0 Å². The van der Waals surface area contributed by atoms with E-state index in [4.69, 9.17) is 9.47 Å². The van der Waals surface area contributed by atoms with Gasteiger partial charge in [0.15, 0.2) is 11.5 Å². The maximum Gasteiger partial charge on any atom is 0.341 e. The maximum absolute atomic E-state index is 14.0. The molecule has 0 aliphatic rings. The Bertz CT molecular complexity index is 1290. The Morgan fingerprint density at radius 1 is 1.09 bits per heavy atom. The standard InChI is InChI=1S/C24H24F3NO6/c1-24(2,3)21(10-29)28-9-14(23(31)32)22(30)13-7-20(19(33-4)8-18(13)28)34-11-15-16(26)5-12(25)6-17(15)27/h5-9,21,29H,10-11H2,1-4H3,(H,31,32)/t21-/m1/s1. The van der Waals surface area contributed by atoms with Gasteiger partial charge in [-0.3, -0.25) is 4.79 Å². The number of carbonyl (C=O) groups is 1. The molecule has 0 saturated heterocycles. The van der Waals surface area contributed by atoms with E-state index >= 15 is 0 Å². The van der Waals surface area contributed by atoms with Gasteiger partial charge in [-0.05, 0) is 11.5 Å². The Kier molecular flexibility index (Phi) is 6.92. The first kappa shape index (κ1) is 25.1. The van der Waals surface area contributed by atoms with Gasteiger partial charge in [0.25, 0.3) is 0 Å². The van der Waals surface area contributed by atoms with E-state index < -0.39 is 58.0 Å². The summed E-state index contributed by atoms with van der Waals surface area (Å²) >= 11 is 0. The summed E-state index contributed by atoms with van der Waals surface area (Å²) in [4.78, 5) is 24.7. The first-order chi connectivity index (χ1) is 15.9. The molecule has 34 heavy (non-hydrogen) atoms. The van der Waals surface area contributed by atoms with Crippen LogP contribution >= 0.6 is 0 Å². The SMILES string of the molecule is COc1cc2c(cc1OCc1c(F)cc(F)cc1F)c(=O)c(C(=O)O)cn2[C@H](CO)C(C)(C)C. The van der Waals surface area contributed by atoms with Crippen LogP contribution in [0.4, 0.5) is 13.2 Å². The quantitative estimate of drug-likeness (QED) is 0.525. The van der Waals surface area contributed by atoms with E-state index in [1.54, 1.807) is 0 Å². The molecule has 10 heteroatoms. The molecule has 1 heterocycles. The smallest absolute Gasteiger partial charge is 0.341 e. The van der Waals surface area contributed by atoms with Crippen molar-refractivity contribution >= 4 is 16.9 Å². The Hall–Kier alpha value is -3.53. The second-order valence-corrected chi connectivity index (χ2v) is 8.81. The van der Waals surface area contributed by atoms with E-state index in [9.17, 15) is 33.0 Å². The molecule has 0 fully saturated rings. The highest BCUT2D eigenvalue weighted by atomic mass is 19.1. The largest absolute Gasteiger partial charge is 0.493 e. The molecule has 0 radical (unpaired) electrons. The van der Waals surface area contributed by atoms with E-state index in [-0.39, 0.29) is 29.0 Å². The molecule has 0 aliphatic heterocycles. The third kappa shape index (κ3) is 4.72. The molecule has 0 amide bonds. The monoisotopic (exact) mass is 479 g/mol. The predicted octanol–water partition coefficient (Wildman–Crippen LogP) is 4.28. The van der Waals surface area contributed by atoms with Gasteiger partial charge in [0.05, 0.1) is 36.2 Å². The van der Waals surface area contributed by atoms with Crippen LogP contribution in [-0.2, 0) is 6.61 Å². The second-order valence-electron chi connectivity index (χ2n) is 8.81. The topological polar surface area (TPSA) is 98.0 Å². The van der Waals surface area contributed by atoms with Crippen LogP contribution in [0, 0.1) is 22.9 Å². The van der Waals surface area contributed by atoms with Gasteiger partial charge in [0.1, 0.15) is 29.6 Å². The normalized spacial score (nSPS) is 12.6. The number of pyridine rings is 1. The Labute approximate surface area is 193 Å². The molecular weight excluding hydrogens is 455 g/mol. The first-order valence-electron chi connectivity index (χ1n) is 10.3. The number of carboxylic acids is 1. The number of aliphatic hydroxyl groups is 1. The van der Waals surface area contributed by atoms with Gasteiger partial charge in [0.2, 0.25) is 5.43 Å². The number of hydrogen-bond donors (Lipinski definition) is 2. The van der Waals surface area contributed by atoms with Crippen LogP contribution in [0.1, 0.15) is 42.7 Å². The number of aliphatic hydroxyl groups excluding tert-OH is 1. The Morgan fingerprint density at radius 2 is 1.71 bits per heavy atom. The lowest BCUT2D eigenvalue weighted by molar-refractivity contribution is 0.0692. The minimum atomic E-state index is -1.46. The Balaban J connectivity index is 2.22. The molecule has 3 aromatic rings. The van der Waals surface area contributed by atoms with Crippen molar-refractivity contribution in [3.8, 4) is 11.5 Å². The molecule has 3 rings (SSSR count). The lowest BCUT2D eigenvalue weighted by atomic mass is 9.86. The average molecular weight is 479 g/mol. The fraction of sp³-hybridized carbons (Fsp3) is 0.333. The van der Waals surface area contributed by atoms with Crippen molar-refractivity contribution in [2.75, 3.05) is 13.7 Å². The number of aromatic carboxylic acids is 1. The fourth-order valence-electron chi connectivity index (χ4n) is 3.68. The highest BCUT2D eigenvalue weighted by Gasteiger charge is 2.29. The molecule has 0 saturated carbocycles. The maximum atomic E-state index is 14.0. The van der Waals surface area contributed by atoms with Crippen LogP contribution in [0.25, 0.3) is 10.9 Å². The molecule has 0 unspecified atom stereocenters. The van der Waals surface area contributed by atoms with Crippen molar-refractivity contribution in [1.29, 1.82) is 0 Å².